The molecule has 0 radical (unpaired) electrons. The maximum absolute atomic E-state index is 12.8. The second-order valence-corrected chi connectivity index (χ2v) is 8.01. The Balaban J connectivity index is 1.29. The Morgan fingerprint density at radius 2 is 1.61 bits per heavy atom. The molecule has 2 aliphatic rings. The molecule has 0 spiro atoms. The molecule has 2 heterocycles. The first-order valence-electron chi connectivity index (χ1n) is 11.0. The van der Waals surface area contributed by atoms with E-state index in [1.165, 1.54) is 5.69 Å². The van der Waals surface area contributed by atoms with Crippen molar-refractivity contribution in [1.82, 2.24) is 4.90 Å². The summed E-state index contributed by atoms with van der Waals surface area (Å²) in [7, 11) is 1.70. The van der Waals surface area contributed by atoms with Gasteiger partial charge in [0.15, 0.2) is 0 Å². The van der Waals surface area contributed by atoms with Crippen molar-refractivity contribution in [2.45, 2.75) is 13.0 Å². The van der Waals surface area contributed by atoms with Gasteiger partial charge in [-0.05, 0) is 43.3 Å². The lowest BCUT2D eigenvalue weighted by Gasteiger charge is -2.38. The van der Waals surface area contributed by atoms with Crippen molar-refractivity contribution < 1.29 is 14.3 Å². The number of methoxy groups -OCH3 is 1. The van der Waals surface area contributed by atoms with Crippen LogP contribution in [0.3, 0.4) is 0 Å². The quantitative estimate of drug-likeness (QED) is 0.770. The molecule has 31 heavy (non-hydrogen) atoms. The van der Waals surface area contributed by atoms with Crippen molar-refractivity contribution >= 4 is 23.0 Å². The van der Waals surface area contributed by atoms with Gasteiger partial charge in [0, 0.05) is 50.6 Å². The number of nitrogens with zero attached hydrogens (tertiary/aromatic N) is 3. The first-order chi connectivity index (χ1) is 15.2. The highest BCUT2D eigenvalue weighted by Gasteiger charge is 2.26. The number of piperazine rings is 1. The molecular formula is C24H32N4O3. The molecule has 2 fully saturated rings. The number of para-hydroxylation sites is 2. The number of hydrogen-bond acceptors (Lipinski definition) is 6. The number of anilines is 3. The van der Waals surface area contributed by atoms with E-state index >= 15 is 0 Å². The molecule has 4 rings (SSSR count). The molecule has 7 heteroatoms. The summed E-state index contributed by atoms with van der Waals surface area (Å²) in [5.41, 5.74) is 3.12. The minimum Gasteiger partial charge on any atom is -0.495 e. The normalized spacial score (nSPS) is 18.5. The highest BCUT2D eigenvalue weighted by molar-refractivity contribution is 5.94. The standard InChI is InChI=1S/C24H32N4O3/c1-19(26-11-13-28(14-12-26)22-5-3-4-6-23(22)30-2)24(29)25-20-7-9-21(10-8-20)27-15-17-31-18-16-27/h3-10,19H,11-18H2,1-2H3,(H,25,29)/t19-/m1/s1. The van der Waals surface area contributed by atoms with Gasteiger partial charge in [-0.3, -0.25) is 9.69 Å². The first kappa shape index (κ1) is 21.5. The summed E-state index contributed by atoms with van der Waals surface area (Å²) in [6.07, 6.45) is 0. The van der Waals surface area contributed by atoms with Crippen LogP contribution in [0, 0.1) is 0 Å². The fraction of sp³-hybridized carbons (Fsp3) is 0.458. The van der Waals surface area contributed by atoms with Crippen LogP contribution in [0.1, 0.15) is 6.92 Å². The summed E-state index contributed by atoms with van der Waals surface area (Å²) in [4.78, 5) is 19.7. The Hall–Kier alpha value is -2.77. The number of carbonyl (C=O) groups excluding carboxylic acids is 1. The third kappa shape index (κ3) is 5.11. The van der Waals surface area contributed by atoms with Crippen LogP contribution in [0.15, 0.2) is 48.5 Å². The number of amides is 1. The van der Waals surface area contributed by atoms with Crippen LogP contribution in [0.2, 0.25) is 0 Å². The SMILES string of the molecule is COc1ccccc1N1CCN([C@H](C)C(=O)Nc2ccc(N3CCOCC3)cc2)CC1. The van der Waals surface area contributed by atoms with Crippen LogP contribution in [-0.2, 0) is 9.53 Å². The lowest BCUT2D eigenvalue weighted by Crippen LogP contribution is -2.52. The number of nitrogens with one attached hydrogen (secondary N) is 1. The smallest absolute Gasteiger partial charge is 0.241 e. The van der Waals surface area contributed by atoms with E-state index in [-0.39, 0.29) is 11.9 Å². The van der Waals surface area contributed by atoms with Crippen LogP contribution in [0.25, 0.3) is 0 Å². The third-order valence-corrected chi connectivity index (χ3v) is 6.18. The van der Waals surface area contributed by atoms with E-state index in [9.17, 15) is 4.79 Å². The average molecular weight is 425 g/mol. The first-order valence-corrected chi connectivity index (χ1v) is 11.0. The van der Waals surface area contributed by atoms with E-state index in [0.717, 1.165) is 69.6 Å². The number of hydrogen-bond donors (Lipinski definition) is 1. The topological polar surface area (TPSA) is 57.3 Å². The van der Waals surface area contributed by atoms with Gasteiger partial charge in [-0.25, -0.2) is 0 Å². The zero-order valence-electron chi connectivity index (χ0n) is 18.4. The van der Waals surface area contributed by atoms with Gasteiger partial charge in [0.2, 0.25) is 5.91 Å². The molecule has 0 aliphatic carbocycles. The van der Waals surface area contributed by atoms with Crippen molar-refractivity contribution in [3.05, 3.63) is 48.5 Å². The maximum atomic E-state index is 12.8. The minimum atomic E-state index is -0.182. The molecular weight excluding hydrogens is 392 g/mol. The van der Waals surface area contributed by atoms with Gasteiger partial charge in [-0.1, -0.05) is 12.1 Å². The molecule has 7 nitrogen and oxygen atoms in total. The Kier molecular flexibility index (Phi) is 6.94. The summed E-state index contributed by atoms with van der Waals surface area (Å²) in [6, 6.07) is 16.0. The van der Waals surface area contributed by atoms with Gasteiger partial charge < -0.3 is 24.6 Å². The fourth-order valence-electron chi connectivity index (χ4n) is 4.23. The summed E-state index contributed by atoms with van der Waals surface area (Å²) < 4.78 is 10.9. The number of rotatable bonds is 6. The number of ether oxygens (including phenoxy) is 2. The summed E-state index contributed by atoms with van der Waals surface area (Å²) in [6.45, 7) is 8.73. The molecule has 2 saturated heterocycles. The molecule has 0 aromatic heterocycles. The fourth-order valence-corrected chi connectivity index (χ4v) is 4.23. The van der Waals surface area contributed by atoms with Gasteiger partial charge >= 0.3 is 0 Å². The van der Waals surface area contributed by atoms with Crippen LogP contribution in [0.5, 0.6) is 5.75 Å². The van der Waals surface area contributed by atoms with E-state index < -0.39 is 0 Å². The third-order valence-electron chi connectivity index (χ3n) is 6.18. The van der Waals surface area contributed by atoms with Crippen LogP contribution < -0.4 is 19.9 Å². The van der Waals surface area contributed by atoms with E-state index in [1.807, 2.05) is 37.3 Å². The van der Waals surface area contributed by atoms with Crippen molar-refractivity contribution in [1.29, 1.82) is 0 Å². The lowest BCUT2D eigenvalue weighted by atomic mass is 10.1. The Bertz CT molecular complexity index is 859. The molecule has 1 amide bonds. The number of carbonyl (C=O) groups is 1. The number of benzene rings is 2. The molecule has 0 bridgehead atoms. The van der Waals surface area contributed by atoms with Crippen LogP contribution >= 0.6 is 0 Å². The summed E-state index contributed by atoms with van der Waals surface area (Å²) >= 11 is 0. The number of morpholine rings is 1. The van der Waals surface area contributed by atoms with Gasteiger partial charge in [0.05, 0.1) is 32.1 Å². The average Bonchev–Trinajstić information content (AvgIpc) is 2.84. The Morgan fingerprint density at radius 1 is 0.935 bits per heavy atom. The second kappa shape index (κ2) is 10.0. The molecule has 0 saturated carbocycles. The molecule has 1 N–H and O–H groups in total. The van der Waals surface area contributed by atoms with Gasteiger partial charge in [0.1, 0.15) is 5.75 Å². The predicted molar refractivity (Wildman–Crippen MR) is 124 cm³/mol. The highest BCUT2D eigenvalue weighted by Crippen LogP contribution is 2.28. The minimum absolute atomic E-state index is 0.0323. The van der Waals surface area contributed by atoms with Crippen molar-refractivity contribution in [3.63, 3.8) is 0 Å². The Morgan fingerprint density at radius 3 is 2.29 bits per heavy atom. The monoisotopic (exact) mass is 424 g/mol. The van der Waals surface area contributed by atoms with E-state index in [4.69, 9.17) is 9.47 Å². The Labute approximate surface area is 184 Å². The predicted octanol–water partition coefficient (Wildman–Crippen LogP) is 2.68. The zero-order valence-corrected chi connectivity index (χ0v) is 18.4. The summed E-state index contributed by atoms with van der Waals surface area (Å²) in [5.74, 6) is 0.923. The van der Waals surface area contributed by atoms with Gasteiger partial charge in [-0.2, -0.15) is 0 Å². The van der Waals surface area contributed by atoms with E-state index in [0.29, 0.717) is 0 Å². The molecule has 0 unspecified atom stereocenters. The lowest BCUT2D eigenvalue weighted by molar-refractivity contribution is -0.120. The van der Waals surface area contributed by atoms with Gasteiger partial charge in [-0.15, -0.1) is 0 Å². The maximum Gasteiger partial charge on any atom is 0.241 e. The van der Waals surface area contributed by atoms with Crippen LogP contribution in [-0.4, -0.2) is 76.4 Å². The zero-order chi connectivity index (χ0) is 21.6. The molecule has 2 aliphatic heterocycles. The van der Waals surface area contributed by atoms with Crippen LogP contribution in [0.4, 0.5) is 17.1 Å². The molecule has 1 atom stereocenters. The van der Waals surface area contributed by atoms with E-state index in [1.54, 1.807) is 7.11 Å². The molecule has 166 valence electrons. The molecule has 2 aromatic carbocycles. The van der Waals surface area contributed by atoms with Crippen molar-refractivity contribution in [3.8, 4) is 5.75 Å². The van der Waals surface area contributed by atoms with E-state index in [2.05, 4.69) is 38.2 Å². The summed E-state index contributed by atoms with van der Waals surface area (Å²) in [5, 5.41) is 3.07. The molecule has 2 aromatic rings. The largest absolute Gasteiger partial charge is 0.495 e. The highest BCUT2D eigenvalue weighted by atomic mass is 16.5. The van der Waals surface area contributed by atoms with Crippen molar-refractivity contribution in [2.75, 3.05) is 74.7 Å². The second-order valence-electron chi connectivity index (χ2n) is 8.01. The van der Waals surface area contributed by atoms with Crippen molar-refractivity contribution in [2.24, 2.45) is 0 Å². The van der Waals surface area contributed by atoms with Gasteiger partial charge in [0.25, 0.3) is 0 Å².